The molecule has 5 N–H and O–H groups in total. The quantitative estimate of drug-likeness (QED) is 0.301. The molecule has 2 aliphatic rings. The van der Waals surface area contributed by atoms with Gasteiger partial charge in [-0.1, -0.05) is 32.9 Å². The molecule has 2 rings (SSSR count). The minimum absolute atomic E-state index is 0.118. The van der Waals surface area contributed by atoms with Gasteiger partial charge in [-0.2, -0.15) is 0 Å². The average molecular weight is 561 g/mol. The predicted octanol–water partition coefficient (Wildman–Crippen LogP) is 2.75. The van der Waals surface area contributed by atoms with Crippen molar-refractivity contribution in [1.82, 2.24) is 5.32 Å². The number of amides is 2. The van der Waals surface area contributed by atoms with Crippen molar-refractivity contribution in [2.24, 2.45) is 35.3 Å². The van der Waals surface area contributed by atoms with Crippen molar-refractivity contribution >= 4 is 23.6 Å². The second kappa shape index (κ2) is 15.1. The monoisotopic (exact) mass is 560 g/mol. The molecule has 1 heterocycles. The number of primary amides is 1. The first-order valence-corrected chi connectivity index (χ1v) is 13.7. The van der Waals surface area contributed by atoms with Crippen molar-refractivity contribution in [2.75, 3.05) is 20.3 Å². The van der Waals surface area contributed by atoms with Gasteiger partial charge in [0, 0.05) is 48.7 Å². The third-order valence-electron chi connectivity index (χ3n) is 7.95. The maximum atomic E-state index is 13.3. The molecule has 222 valence electrons. The van der Waals surface area contributed by atoms with Gasteiger partial charge >= 0.3 is 6.09 Å². The highest BCUT2D eigenvalue weighted by atomic mass is 16.6. The van der Waals surface area contributed by atoms with E-state index in [0.717, 1.165) is 11.6 Å². The van der Waals surface area contributed by atoms with Crippen molar-refractivity contribution < 1.29 is 38.9 Å². The van der Waals surface area contributed by atoms with E-state index in [1.807, 2.05) is 33.8 Å². The molecular formula is C30H44N2O8. The van der Waals surface area contributed by atoms with Gasteiger partial charge in [-0.15, -0.1) is 0 Å². The maximum Gasteiger partial charge on any atom is 0.405 e. The zero-order valence-electron chi connectivity index (χ0n) is 24.3. The fourth-order valence-corrected chi connectivity index (χ4v) is 5.78. The largest absolute Gasteiger partial charge is 0.442 e. The van der Waals surface area contributed by atoms with Gasteiger partial charge in [-0.25, -0.2) is 4.79 Å². The molecule has 2 amide bonds. The first-order valence-electron chi connectivity index (χ1n) is 13.7. The smallest absolute Gasteiger partial charge is 0.405 e. The Balaban J connectivity index is 2.57. The molecule has 0 saturated heterocycles. The molecule has 40 heavy (non-hydrogen) atoms. The minimum atomic E-state index is -0.893. The molecule has 1 aliphatic heterocycles. The summed E-state index contributed by atoms with van der Waals surface area (Å²) in [5.74, 6) is -3.26. The van der Waals surface area contributed by atoms with Crippen LogP contribution in [0.2, 0.25) is 0 Å². The number of ether oxygens (including phenoxy) is 2. The SMILES string of the molecule is CO[C@H]1[C@@H](CO)C[C@H](C)[C@@H](CO)C2=CC(=O)C=C(NC(=O)/C(C)=C/CC[C@H](C)[C@@H](OC(N)=O)/C(C)=C/[C@@H]1C)C2=O. The van der Waals surface area contributed by atoms with Crippen molar-refractivity contribution in [3.8, 4) is 0 Å². The number of methoxy groups -OCH3 is 1. The van der Waals surface area contributed by atoms with E-state index in [-0.39, 0.29) is 41.5 Å². The number of hydrogen-bond donors (Lipinski definition) is 4. The summed E-state index contributed by atoms with van der Waals surface area (Å²) in [6.07, 6.45) is 5.45. The molecule has 10 nitrogen and oxygen atoms in total. The second-order valence-corrected chi connectivity index (χ2v) is 11.1. The van der Waals surface area contributed by atoms with E-state index >= 15 is 0 Å². The van der Waals surface area contributed by atoms with Crippen molar-refractivity contribution in [1.29, 1.82) is 0 Å². The number of nitrogens with one attached hydrogen (secondary N) is 1. The minimum Gasteiger partial charge on any atom is -0.442 e. The Kier molecular flexibility index (Phi) is 12.5. The van der Waals surface area contributed by atoms with Crippen LogP contribution in [0, 0.1) is 29.6 Å². The topological polar surface area (TPSA) is 165 Å². The van der Waals surface area contributed by atoms with Crippen LogP contribution in [0.25, 0.3) is 0 Å². The van der Waals surface area contributed by atoms with Crippen LogP contribution in [0.3, 0.4) is 0 Å². The molecule has 7 atom stereocenters. The zero-order chi connectivity index (χ0) is 30.1. The lowest BCUT2D eigenvalue weighted by molar-refractivity contribution is -0.120. The van der Waals surface area contributed by atoms with Gasteiger partial charge in [-0.05, 0) is 56.6 Å². The number of ketones is 2. The Hall–Kier alpha value is -3.08. The fraction of sp³-hybridized carbons (Fsp3) is 0.600. The molecule has 0 saturated carbocycles. The lowest BCUT2D eigenvalue weighted by Crippen LogP contribution is -2.37. The number of Topliss-reactive ketones (excluding diaryl/α,β-unsaturated/α-hetero) is 1. The van der Waals surface area contributed by atoms with E-state index in [1.54, 1.807) is 20.1 Å². The van der Waals surface area contributed by atoms with Crippen LogP contribution >= 0.6 is 0 Å². The molecule has 2 bridgehead atoms. The number of carbonyl (C=O) groups excluding carboxylic acids is 4. The van der Waals surface area contributed by atoms with Crippen LogP contribution in [-0.2, 0) is 23.9 Å². The molecule has 10 heteroatoms. The van der Waals surface area contributed by atoms with Gasteiger partial charge in [0.25, 0.3) is 5.91 Å². The highest BCUT2D eigenvalue weighted by Gasteiger charge is 2.35. The molecule has 1 aliphatic carbocycles. The van der Waals surface area contributed by atoms with Gasteiger partial charge in [-0.3, -0.25) is 14.4 Å². The summed E-state index contributed by atoms with van der Waals surface area (Å²) < 4.78 is 11.3. The summed E-state index contributed by atoms with van der Waals surface area (Å²) in [6, 6.07) is 0. The molecule has 0 spiro atoms. The Bertz CT molecular complexity index is 1090. The molecule has 0 unspecified atom stereocenters. The molecule has 0 aromatic carbocycles. The number of allylic oxidation sites excluding steroid dienone is 4. The molecule has 0 radical (unpaired) electrons. The van der Waals surface area contributed by atoms with Gasteiger partial charge in [0.15, 0.2) is 5.78 Å². The Labute approximate surface area is 236 Å². The second-order valence-electron chi connectivity index (χ2n) is 11.1. The summed E-state index contributed by atoms with van der Waals surface area (Å²) >= 11 is 0. The first kappa shape index (κ1) is 33.1. The number of fused-ring (bicyclic) bond motifs is 2. The van der Waals surface area contributed by atoms with Gasteiger partial charge in [0.05, 0.1) is 18.4 Å². The van der Waals surface area contributed by atoms with Crippen LogP contribution in [0.1, 0.15) is 53.9 Å². The number of aliphatic hydroxyl groups is 2. The fourth-order valence-electron chi connectivity index (χ4n) is 5.78. The highest BCUT2D eigenvalue weighted by molar-refractivity contribution is 6.21. The summed E-state index contributed by atoms with van der Waals surface area (Å²) in [4.78, 5) is 50.4. The van der Waals surface area contributed by atoms with E-state index in [0.29, 0.717) is 24.8 Å². The van der Waals surface area contributed by atoms with E-state index in [1.165, 1.54) is 6.08 Å². The first-order chi connectivity index (χ1) is 18.8. The standard InChI is InChI=1S/C30H44N2O8/c1-16-8-7-9-17(2)29(37)32-25-13-22(35)12-23(26(25)36)24(15-34)18(3)11-21(14-33)28(39-6)20(5)10-19(4)27(16)40-30(31)38/h9-10,12-13,16,18,20-21,24,27-28,33-34H,7-8,11,14-15H2,1-6H3,(H2,31,38)(H,32,37)/b17-9+,19-10+/t16-,18-,20-,21+,24+,27+,28+/m0/s1. The third kappa shape index (κ3) is 8.46. The predicted molar refractivity (Wildman–Crippen MR) is 150 cm³/mol. The lowest BCUT2D eigenvalue weighted by atomic mass is 9.76. The number of carbonyl (C=O) groups is 4. The van der Waals surface area contributed by atoms with E-state index in [4.69, 9.17) is 15.2 Å². The van der Waals surface area contributed by atoms with Gasteiger partial charge < -0.3 is 30.7 Å². The summed E-state index contributed by atoms with van der Waals surface area (Å²) in [6.45, 7) is 8.55. The van der Waals surface area contributed by atoms with Crippen LogP contribution < -0.4 is 11.1 Å². The summed E-state index contributed by atoms with van der Waals surface area (Å²) in [5.41, 5.74) is 6.49. The normalized spacial score (nSPS) is 34.0. The van der Waals surface area contributed by atoms with Crippen molar-refractivity contribution in [3.05, 3.63) is 46.7 Å². The summed E-state index contributed by atoms with van der Waals surface area (Å²) in [7, 11) is 1.55. The Morgan fingerprint density at radius 3 is 2.33 bits per heavy atom. The van der Waals surface area contributed by atoms with E-state index < -0.39 is 48.3 Å². The Morgan fingerprint density at radius 1 is 1.07 bits per heavy atom. The molecule has 0 fully saturated rings. The van der Waals surface area contributed by atoms with E-state index in [2.05, 4.69) is 5.32 Å². The molecular weight excluding hydrogens is 516 g/mol. The Morgan fingerprint density at radius 2 is 1.75 bits per heavy atom. The van der Waals surface area contributed by atoms with Crippen LogP contribution in [-0.4, -0.2) is 66.3 Å². The van der Waals surface area contributed by atoms with Gasteiger partial charge in [0.1, 0.15) is 6.10 Å². The number of aliphatic hydroxyl groups excluding tert-OH is 2. The number of nitrogens with two attached hydrogens (primary N) is 1. The zero-order valence-corrected chi connectivity index (χ0v) is 24.3. The molecule has 0 aromatic rings. The van der Waals surface area contributed by atoms with Crippen molar-refractivity contribution in [2.45, 2.75) is 66.1 Å². The van der Waals surface area contributed by atoms with Crippen LogP contribution in [0.15, 0.2) is 46.7 Å². The number of hydrogen-bond acceptors (Lipinski definition) is 8. The maximum absolute atomic E-state index is 13.3. The number of rotatable bonds is 4. The average Bonchev–Trinajstić information content (AvgIpc) is 2.88. The lowest BCUT2D eigenvalue weighted by Gasteiger charge is -2.34. The highest BCUT2D eigenvalue weighted by Crippen LogP contribution is 2.33. The van der Waals surface area contributed by atoms with Crippen LogP contribution in [0.5, 0.6) is 0 Å². The van der Waals surface area contributed by atoms with Crippen molar-refractivity contribution in [3.63, 3.8) is 0 Å². The van der Waals surface area contributed by atoms with Gasteiger partial charge in [0.2, 0.25) is 5.78 Å². The third-order valence-corrected chi connectivity index (χ3v) is 7.95. The summed E-state index contributed by atoms with van der Waals surface area (Å²) in [5, 5.41) is 23.2. The van der Waals surface area contributed by atoms with Crippen LogP contribution in [0.4, 0.5) is 4.79 Å². The molecule has 0 aromatic heterocycles. The van der Waals surface area contributed by atoms with E-state index in [9.17, 15) is 29.4 Å².